The summed E-state index contributed by atoms with van der Waals surface area (Å²) in [4.78, 5) is 32.4. The lowest BCUT2D eigenvalue weighted by atomic mass is 9.93. The normalized spacial score (nSPS) is 22.9. The second kappa shape index (κ2) is 10.1. The van der Waals surface area contributed by atoms with E-state index in [4.69, 9.17) is 16.3 Å². The fraction of sp³-hybridized carbons (Fsp3) is 0.519. The van der Waals surface area contributed by atoms with Gasteiger partial charge in [0.1, 0.15) is 11.6 Å². The van der Waals surface area contributed by atoms with Crippen LogP contribution < -0.4 is 20.3 Å². The molecule has 2 saturated carbocycles. The predicted molar refractivity (Wildman–Crippen MR) is 136 cm³/mol. The number of hydrogen-bond acceptors (Lipinski definition) is 5. The van der Waals surface area contributed by atoms with Gasteiger partial charge in [0.25, 0.3) is 11.8 Å². The van der Waals surface area contributed by atoms with E-state index in [1.807, 2.05) is 12.1 Å². The number of hydrogen-bond donors (Lipinski definition) is 2. The van der Waals surface area contributed by atoms with E-state index in [-0.39, 0.29) is 23.9 Å². The molecule has 2 N–H and O–H groups in total. The number of anilines is 1. The fourth-order valence-corrected chi connectivity index (χ4v) is 4.94. The van der Waals surface area contributed by atoms with Crippen molar-refractivity contribution in [3.05, 3.63) is 53.2 Å². The molecule has 2 aliphatic carbocycles. The topological polar surface area (TPSA) is 83.6 Å². The van der Waals surface area contributed by atoms with Gasteiger partial charge >= 0.3 is 0 Å². The van der Waals surface area contributed by atoms with Crippen molar-refractivity contribution < 1.29 is 14.3 Å². The van der Waals surface area contributed by atoms with Crippen LogP contribution in [0.2, 0.25) is 5.02 Å². The van der Waals surface area contributed by atoms with Crippen molar-refractivity contribution in [3.63, 3.8) is 0 Å². The number of nitrogens with one attached hydrogen (secondary N) is 2. The Balaban J connectivity index is 1.19. The molecule has 0 spiro atoms. The summed E-state index contributed by atoms with van der Waals surface area (Å²) >= 11 is 5.97. The Kier molecular flexibility index (Phi) is 6.87. The minimum atomic E-state index is -0.760. The first-order valence-electron chi connectivity index (χ1n) is 12.7. The van der Waals surface area contributed by atoms with Crippen LogP contribution in [-0.4, -0.2) is 47.1 Å². The van der Waals surface area contributed by atoms with Crippen molar-refractivity contribution in [2.75, 3.05) is 11.4 Å². The lowest BCUT2D eigenvalue weighted by Crippen LogP contribution is -2.53. The third kappa shape index (κ3) is 5.72. The maximum atomic E-state index is 13.1. The van der Waals surface area contributed by atoms with E-state index < -0.39 is 5.60 Å². The molecule has 1 aromatic carbocycles. The van der Waals surface area contributed by atoms with Gasteiger partial charge in [0.2, 0.25) is 0 Å². The minimum Gasteiger partial charge on any atom is -0.477 e. The van der Waals surface area contributed by atoms with Crippen molar-refractivity contribution in [2.24, 2.45) is 0 Å². The first-order valence-corrected chi connectivity index (χ1v) is 13.1. The van der Waals surface area contributed by atoms with Crippen LogP contribution in [0.25, 0.3) is 0 Å². The number of halogens is 1. The van der Waals surface area contributed by atoms with Gasteiger partial charge in [-0.3, -0.25) is 9.59 Å². The summed E-state index contributed by atoms with van der Waals surface area (Å²) in [6.07, 6.45) is 9.03. The molecule has 0 bridgehead atoms. The average molecular weight is 497 g/mol. The Labute approximate surface area is 211 Å². The van der Waals surface area contributed by atoms with Crippen LogP contribution in [0.3, 0.4) is 0 Å². The minimum absolute atomic E-state index is 0.0229. The molecule has 1 aromatic heterocycles. The number of carbonyl (C=O) groups excluding carboxylic acids is 2. The number of nitrogens with zero attached hydrogens (tertiary/aromatic N) is 2. The maximum absolute atomic E-state index is 13.1. The first kappa shape index (κ1) is 23.9. The second-order valence-corrected chi connectivity index (χ2v) is 10.5. The number of amides is 2. The van der Waals surface area contributed by atoms with Crippen LogP contribution in [0.1, 0.15) is 68.6 Å². The van der Waals surface area contributed by atoms with E-state index in [2.05, 4.69) is 27.4 Å². The molecule has 2 atom stereocenters. The highest BCUT2D eigenvalue weighted by Gasteiger charge is 2.53. The number of carbonyl (C=O) groups is 2. The van der Waals surface area contributed by atoms with Gasteiger partial charge in [0.05, 0.1) is 5.56 Å². The van der Waals surface area contributed by atoms with Crippen LogP contribution in [0, 0.1) is 0 Å². The zero-order valence-electron chi connectivity index (χ0n) is 20.1. The SMILES string of the molecule is CCCC1CC(NC(=O)C2(Oc3ccc(Cl)cc3)CC2)CCN1c1ccc(C(=O)NC2CC2)cn1. The summed E-state index contributed by atoms with van der Waals surface area (Å²) < 4.78 is 6.07. The smallest absolute Gasteiger partial charge is 0.264 e. The zero-order chi connectivity index (χ0) is 24.4. The van der Waals surface area contributed by atoms with Crippen LogP contribution in [0.5, 0.6) is 5.75 Å². The number of pyridine rings is 1. The number of aromatic nitrogens is 1. The largest absolute Gasteiger partial charge is 0.477 e. The highest BCUT2D eigenvalue weighted by atomic mass is 35.5. The molecule has 8 heteroatoms. The van der Waals surface area contributed by atoms with E-state index in [1.165, 1.54) is 0 Å². The highest BCUT2D eigenvalue weighted by molar-refractivity contribution is 6.30. The van der Waals surface area contributed by atoms with Gasteiger partial charge in [-0.05, 0) is 68.5 Å². The van der Waals surface area contributed by atoms with Crippen LogP contribution in [0.15, 0.2) is 42.6 Å². The molecule has 3 fully saturated rings. The lowest BCUT2D eigenvalue weighted by Gasteiger charge is -2.41. The molecule has 1 aliphatic heterocycles. The van der Waals surface area contributed by atoms with Gasteiger partial charge < -0.3 is 20.3 Å². The van der Waals surface area contributed by atoms with Crippen LogP contribution in [0.4, 0.5) is 5.82 Å². The van der Waals surface area contributed by atoms with E-state index in [9.17, 15) is 9.59 Å². The van der Waals surface area contributed by atoms with E-state index in [0.29, 0.717) is 22.4 Å². The first-order chi connectivity index (χ1) is 17.0. The standard InChI is InChI=1S/C27H33ClN4O3/c1-2-3-22-16-21(31-26(34)27(13-14-27)35-23-9-5-19(28)6-10-23)12-15-32(22)24-11-4-18(17-29-24)25(33)30-20-7-8-20/h4-6,9-11,17,20-22H,2-3,7-8,12-16H2,1H3,(H,30,33)(H,31,34). The molecule has 7 nitrogen and oxygen atoms in total. The Bertz CT molecular complexity index is 1050. The molecule has 0 radical (unpaired) electrons. The quantitative estimate of drug-likeness (QED) is 0.534. The van der Waals surface area contributed by atoms with Gasteiger partial charge in [-0.2, -0.15) is 0 Å². The Hall–Kier alpha value is -2.80. The van der Waals surface area contributed by atoms with E-state index in [0.717, 1.165) is 63.7 Å². The van der Waals surface area contributed by atoms with Gasteiger partial charge in [0.15, 0.2) is 5.60 Å². The molecule has 35 heavy (non-hydrogen) atoms. The summed E-state index contributed by atoms with van der Waals surface area (Å²) in [5.41, 5.74) is -0.158. The number of ether oxygens (including phenoxy) is 1. The Morgan fingerprint density at radius 2 is 1.86 bits per heavy atom. The van der Waals surface area contributed by atoms with Crippen molar-refractivity contribution in [3.8, 4) is 5.75 Å². The maximum Gasteiger partial charge on any atom is 0.264 e. The van der Waals surface area contributed by atoms with Crippen molar-refractivity contribution in [1.29, 1.82) is 0 Å². The number of benzene rings is 1. The van der Waals surface area contributed by atoms with Crippen molar-refractivity contribution in [1.82, 2.24) is 15.6 Å². The van der Waals surface area contributed by atoms with E-state index >= 15 is 0 Å². The van der Waals surface area contributed by atoms with Gasteiger partial charge in [0, 0.05) is 48.7 Å². The Morgan fingerprint density at radius 3 is 2.49 bits per heavy atom. The summed E-state index contributed by atoms with van der Waals surface area (Å²) in [6.45, 7) is 2.99. The van der Waals surface area contributed by atoms with Gasteiger partial charge in [-0.25, -0.2) is 4.98 Å². The molecule has 2 heterocycles. The Morgan fingerprint density at radius 1 is 1.09 bits per heavy atom. The molecular weight excluding hydrogens is 464 g/mol. The van der Waals surface area contributed by atoms with E-state index in [1.54, 1.807) is 30.5 Å². The molecule has 5 rings (SSSR count). The van der Waals surface area contributed by atoms with Crippen LogP contribution in [-0.2, 0) is 4.79 Å². The lowest BCUT2D eigenvalue weighted by molar-refractivity contribution is -0.130. The second-order valence-electron chi connectivity index (χ2n) is 10.0. The van der Waals surface area contributed by atoms with Crippen molar-refractivity contribution >= 4 is 29.2 Å². The average Bonchev–Trinajstić information content (AvgIpc) is 3.79. The number of piperidine rings is 1. The summed E-state index contributed by atoms with van der Waals surface area (Å²) in [7, 11) is 0. The molecule has 2 aromatic rings. The van der Waals surface area contributed by atoms with Gasteiger partial charge in [-0.15, -0.1) is 0 Å². The third-order valence-corrected chi connectivity index (χ3v) is 7.39. The summed E-state index contributed by atoms with van der Waals surface area (Å²) in [5.74, 6) is 1.49. The van der Waals surface area contributed by atoms with Crippen LogP contribution >= 0.6 is 11.6 Å². The molecule has 3 aliphatic rings. The summed E-state index contributed by atoms with van der Waals surface area (Å²) in [6, 6.07) is 11.7. The third-order valence-electron chi connectivity index (χ3n) is 7.13. The molecular formula is C27H33ClN4O3. The highest BCUT2D eigenvalue weighted by Crippen LogP contribution is 2.41. The monoisotopic (exact) mass is 496 g/mol. The number of rotatable bonds is 9. The fourth-order valence-electron chi connectivity index (χ4n) is 4.81. The molecule has 186 valence electrons. The summed E-state index contributed by atoms with van der Waals surface area (Å²) in [5, 5.41) is 6.92. The van der Waals surface area contributed by atoms with Crippen molar-refractivity contribution in [2.45, 2.75) is 82.0 Å². The molecule has 2 amide bonds. The molecule has 2 unspecified atom stereocenters. The van der Waals surface area contributed by atoms with Gasteiger partial charge in [-0.1, -0.05) is 24.9 Å². The predicted octanol–water partition coefficient (Wildman–Crippen LogP) is 4.49. The molecule has 1 saturated heterocycles. The zero-order valence-corrected chi connectivity index (χ0v) is 20.9.